The Hall–Kier alpha value is -3.54. The van der Waals surface area contributed by atoms with Crippen molar-refractivity contribution in [1.82, 2.24) is 0 Å². The molecule has 1 aliphatic heterocycles. The maximum absolute atomic E-state index is 13.9. The van der Waals surface area contributed by atoms with Crippen molar-refractivity contribution >= 4 is 23.4 Å². The molecule has 2 heterocycles. The van der Waals surface area contributed by atoms with Gasteiger partial charge in [0.1, 0.15) is 23.2 Å². The maximum atomic E-state index is 13.9. The largest absolute Gasteiger partial charge is 0.457 e. The van der Waals surface area contributed by atoms with Gasteiger partial charge >= 0.3 is 0 Å². The van der Waals surface area contributed by atoms with Crippen LogP contribution in [0.25, 0.3) is 17.4 Å². The number of hydrogen-bond donors (Lipinski definition) is 0. The Labute approximate surface area is 154 Å². The zero-order valence-corrected chi connectivity index (χ0v) is 14.3. The third-order valence-electron chi connectivity index (χ3n) is 4.17. The van der Waals surface area contributed by atoms with Crippen LogP contribution in [-0.4, -0.2) is 11.6 Å². The van der Waals surface area contributed by atoms with Crippen LogP contribution in [0.2, 0.25) is 0 Å². The fourth-order valence-corrected chi connectivity index (χ4v) is 2.84. The first-order valence-electron chi connectivity index (χ1n) is 8.25. The van der Waals surface area contributed by atoms with Gasteiger partial charge in [0.2, 0.25) is 0 Å². The zero-order chi connectivity index (χ0) is 19.0. The minimum absolute atomic E-state index is 0.148. The maximum Gasteiger partial charge on any atom is 0.280 e. The predicted molar refractivity (Wildman–Crippen MR) is 99.1 cm³/mol. The van der Waals surface area contributed by atoms with Crippen molar-refractivity contribution in [2.75, 3.05) is 5.01 Å². The monoisotopic (exact) mass is 364 g/mol. The van der Waals surface area contributed by atoms with Crippen LogP contribution in [0.15, 0.2) is 75.8 Å². The number of carbonyl (C=O) groups excluding carboxylic acids is 1. The molecule has 0 saturated heterocycles. The summed E-state index contributed by atoms with van der Waals surface area (Å²) in [5.74, 6) is -1.02. The number of anilines is 1. The second-order valence-corrected chi connectivity index (χ2v) is 6.02. The number of furan rings is 1. The van der Waals surface area contributed by atoms with Gasteiger partial charge in [-0.3, -0.25) is 4.79 Å². The van der Waals surface area contributed by atoms with Crippen LogP contribution < -0.4 is 5.01 Å². The lowest BCUT2D eigenvalue weighted by Crippen LogP contribution is -2.21. The highest BCUT2D eigenvalue weighted by Crippen LogP contribution is 2.28. The van der Waals surface area contributed by atoms with E-state index >= 15 is 0 Å². The smallest absolute Gasteiger partial charge is 0.280 e. The summed E-state index contributed by atoms with van der Waals surface area (Å²) in [4.78, 5) is 12.7. The highest BCUT2D eigenvalue weighted by Gasteiger charge is 2.29. The summed E-state index contributed by atoms with van der Waals surface area (Å²) in [6.45, 7) is 1.73. The van der Waals surface area contributed by atoms with Gasteiger partial charge in [-0.05, 0) is 49.4 Å². The quantitative estimate of drug-likeness (QED) is 0.612. The molecule has 0 atom stereocenters. The number of hydrogen-bond acceptors (Lipinski definition) is 3. The van der Waals surface area contributed by atoms with E-state index in [1.54, 1.807) is 37.3 Å². The molecule has 0 bridgehead atoms. The van der Waals surface area contributed by atoms with Gasteiger partial charge in [0.15, 0.2) is 0 Å². The van der Waals surface area contributed by atoms with Gasteiger partial charge in [-0.2, -0.15) is 10.1 Å². The fraction of sp³-hybridized carbons (Fsp3) is 0.0476. The third kappa shape index (κ3) is 3.17. The zero-order valence-electron chi connectivity index (χ0n) is 14.3. The molecule has 6 heteroatoms. The van der Waals surface area contributed by atoms with Crippen LogP contribution in [0.3, 0.4) is 0 Å². The van der Waals surface area contributed by atoms with Crippen molar-refractivity contribution in [3.05, 3.63) is 83.6 Å². The molecule has 1 aliphatic rings. The van der Waals surface area contributed by atoms with E-state index in [0.29, 0.717) is 22.7 Å². The van der Waals surface area contributed by atoms with E-state index in [1.165, 1.54) is 11.1 Å². The number of para-hydroxylation sites is 1. The number of halogens is 2. The first kappa shape index (κ1) is 16.9. The van der Waals surface area contributed by atoms with Gasteiger partial charge in [0.25, 0.3) is 5.91 Å². The van der Waals surface area contributed by atoms with Crippen molar-refractivity contribution in [1.29, 1.82) is 0 Å². The molecule has 0 fully saturated rings. The molecule has 4 nitrogen and oxygen atoms in total. The molecular formula is C21H14F2N2O2. The van der Waals surface area contributed by atoms with Crippen LogP contribution in [0.1, 0.15) is 12.7 Å². The van der Waals surface area contributed by atoms with Crippen molar-refractivity contribution in [3.8, 4) is 11.3 Å². The normalized spacial score (nSPS) is 15.5. The first-order chi connectivity index (χ1) is 13.0. The van der Waals surface area contributed by atoms with Gasteiger partial charge in [-0.15, -0.1) is 0 Å². The Kier molecular flexibility index (Phi) is 4.16. The molecule has 4 rings (SSSR count). The molecule has 1 amide bonds. The van der Waals surface area contributed by atoms with Crippen LogP contribution in [0.5, 0.6) is 0 Å². The summed E-state index contributed by atoms with van der Waals surface area (Å²) in [5, 5.41) is 5.62. The predicted octanol–water partition coefficient (Wildman–Crippen LogP) is 5.03. The minimum Gasteiger partial charge on any atom is -0.457 e. The molecule has 0 aliphatic carbocycles. The second-order valence-electron chi connectivity index (χ2n) is 6.02. The summed E-state index contributed by atoms with van der Waals surface area (Å²) in [5.41, 5.74) is 1.75. The van der Waals surface area contributed by atoms with Gasteiger partial charge in [-0.25, -0.2) is 8.78 Å². The highest BCUT2D eigenvalue weighted by atomic mass is 19.1. The van der Waals surface area contributed by atoms with E-state index in [0.717, 1.165) is 12.1 Å². The molecule has 0 N–H and O–H groups in total. The SMILES string of the molecule is CC1=NN(c2ccccc2)C(=O)/C1=C\c1ccc(-c2ccc(F)cc2F)o1. The molecule has 27 heavy (non-hydrogen) atoms. The number of hydrazone groups is 1. The van der Waals surface area contributed by atoms with Gasteiger partial charge < -0.3 is 4.42 Å². The Bertz CT molecular complexity index is 1080. The van der Waals surface area contributed by atoms with Crippen LogP contribution in [0.4, 0.5) is 14.5 Å². The number of benzene rings is 2. The average Bonchev–Trinajstić information content (AvgIpc) is 3.22. The number of rotatable bonds is 3. The lowest BCUT2D eigenvalue weighted by atomic mass is 10.1. The topological polar surface area (TPSA) is 45.8 Å². The third-order valence-corrected chi connectivity index (χ3v) is 4.17. The van der Waals surface area contributed by atoms with E-state index in [1.807, 2.05) is 18.2 Å². The Morgan fingerprint density at radius 1 is 1.04 bits per heavy atom. The van der Waals surface area contributed by atoms with E-state index in [-0.39, 0.29) is 17.2 Å². The van der Waals surface area contributed by atoms with Crippen LogP contribution >= 0.6 is 0 Å². The van der Waals surface area contributed by atoms with Gasteiger partial charge in [-0.1, -0.05) is 18.2 Å². The van der Waals surface area contributed by atoms with Crippen LogP contribution in [-0.2, 0) is 4.79 Å². The van der Waals surface area contributed by atoms with Crippen LogP contribution in [0, 0.1) is 11.6 Å². The summed E-state index contributed by atoms with van der Waals surface area (Å²) in [6.07, 6.45) is 1.56. The molecule has 0 saturated carbocycles. The molecule has 0 spiro atoms. The summed E-state index contributed by atoms with van der Waals surface area (Å²) < 4.78 is 32.6. The minimum atomic E-state index is -0.714. The molecule has 134 valence electrons. The van der Waals surface area contributed by atoms with E-state index in [2.05, 4.69) is 5.10 Å². The molecule has 0 radical (unpaired) electrons. The Balaban J connectivity index is 1.64. The Morgan fingerprint density at radius 3 is 2.56 bits per heavy atom. The number of nitrogens with zero attached hydrogens (tertiary/aromatic N) is 2. The fourth-order valence-electron chi connectivity index (χ4n) is 2.84. The standard InChI is InChI=1S/C21H14F2N2O2/c1-13-18(21(26)25(24-13)15-5-3-2-4-6-15)12-16-8-10-20(27-16)17-9-7-14(22)11-19(17)23/h2-12H,1H3/b18-12-. The number of carbonyl (C=O) groups is 1. The number of amides is 1. The molecular weight excluding hydrogens is 350 g/mol. The summed E-state index contributed by atoms with van der Waals surface area (Å²) in [7, 11) is 0. The Morgan fingerprint density at radius 2 is 1.81 bits per heavy atom. The van der Waals surface area contributed by atoms with Crippen molar-refractivity contribution < 1.29 is 18.0 Å². The summed E-state index contributed by atoms with van der Waals surface area (Å²) in [6, 6.07) is 15.6. The summed E-state index contributed by atoms with van der Waals surface area (Å²) >= 11 is 0. The van der Waals surface area contributed by atoms with Gasteiger partial charge in [0.05, 0.1) is 22.5 Å². The van der Waals surface area contributed by atoms with E-state index in [4.69, 9.17) is 4.42 Å². The molecule has 2 aromatic carbocycles. The van der Waals surface area contributed by atoms with Crippen molar-refractivity contribution in [3.63, 3.8) is 0 Å². The second kappa shape index (κ2) is 6.64. The molecule has 0 unspecified atom stereocenters. The lowest BCUT2D eigenvalue weighted by molar-refractivity contribution is -0.114. The molecule has 1 aromatic heterocycles. The highest BCUT2D eigenvalue weighted by molar-refractivity contribution is 6.32. The first-order valence-corrected chi connectivity index (χ1v) is 8.25. The van der Waals surface area contributed by atoms with Crippen molar-refractivity contribution in [2.45, 2.75) is 6.92 Å². The average molecular weight is 364 g/mol. The van der Waals surface area contributed by atoms with Crippen molar-refractivity contribution in [2.24, 2.45) is 5.10 Å². The van der Waals surface area contributed by atoms with Gasteiger partial charge in [0, 0.05) is 6.07 Å². The van der Waals surface area contributed by atoms with E-state index < -0.39 is 11.6 Å². The molecule has 3 aromatic rings. The lowest BCUT2D eigenvalue weighted by Gasteiger charge is -2.10. The van der Waals surface area contributed by atoms with E-state index in [9.17, 15) is 13.6 Å².